The Bertz CT molecular complexity index is 593. The van der Waals surface area contributed by atoms with E-state index in [9.17, 15) is 14.7 Å². The molecule has 6 nitrogen and oxygen atoms in total. The molecule has 1 aliphatic rings. The second kappa shape index (κ2) is 9.02. The van der Waals surface area contributed by atoms with Gasteiger partial charge in [-0.3, -0.25) is 14.3 Å². The number of nitrogens with zero attached hydrogens (tertiary/aromatic N) is 2. The number of aliphatic carboxylic acids is 1. The fraction of sp³-hybridized carbons (Fsp3) is 0.737. The molecule has 0 saturated heterocycles. The summed E-state index contributed by atoms with van der Waals surface area (Å²) in [5.41, 5.74) is 1.35. The van der Waals surface area contributed by atoms with Crippen molar-refractivity contribution in [1.29, 1.82) is 0 Å². The number of carboxylic acids is 1. The first-order chi connectivity index (χ1) is 12.0. The van der Waals surface area contributed by atoms with Gasteiger partial charge in [0.25, 0.3) is 5.91 Å². The van der Waals surface area contributed by atoms with Gasteiger partial charge in [-0.05, 0) is 38.7 Å². The van der Waals surface area contributed by atoms with E-state index in [-0.39, 0.29) is 18.0 Å². The van der Waals surface area contributed by atoms with Crippen LogP contribution >= 0.6 is 0 Å². The maximum absolute atomic E-state index is 12.7. The molecule has 2 N–H and O–H groups in total. The Hall–Kier alpha value is -1.85. The molecule has 1 aromatic rings. The first-order valence-electron chi connectivity index (χ1n) is 9.57. The van der Waals surface area contributed by atoms with E-state index in [1.54, 1.807) is 6.07 Å². The van der Waals surface area contributed by atoms with E-state index in [1.807, 2.05) is 11.6 Å². The number of amides is 1. The number of aryl methyl sites for hydroxylation is 1. The summed E-state index contributed by atoms with van der Waals surface area (Å²) in [6, 6.07) is 1.77. The molecule has 0 bridgehead atoms. The first kappa shape index (κ1) is 19.5. The summed E-state index contributed by atoms with van der Waals surface area (Å²) in [5.74, 6) is -1.58. The molecule has 25 heavy (non-hydrogen) atoms. The Labute approximate surface area is 150 Å². The predicted molar refractivity (Wildman–Crippen MR) is 96.7 cm³/mol. The average molecular weight is 349 g/mol. The summed E-state index contributed by atoms with van der Waals surface area (Å²) >= 11 is 0. The maximum Gasteiger partial charge on any atom is 0.308 e. The quantitative estimate of drug-likeness (QED) is 0.820. The second-order valence-electron chi connectivity index (χ2n) is 7.10. The summed E-state index contributed by atoms with van der Waals surface area (Å²) < 4.78 is 1.92. The van der Waals surface area contributed by atoms with Crippen molar-refractivity contribution in [2.24, 2.45) is 5.92 Å². The largest absolute Gasteiger partial charge is 0.481 e. The molecule has 2 atom stereocenters. The van der Waals surface area contributed by atoms with Gasteiger partial charge in [-0.25, -0.2) is 0 Å². The monoisotopic (exact) mass is 349 g/mol. The molecule has 2 unspecified atom stereocenters. The van der Waals surface area contributed by atoms with Crippen LogP contribution in [0.3, 0.4) is 0 Å². The zero-order valence-corrected chi connectivity index (χ0v) is 15.6. The third kappa shape index (κ3) is 4.83. The van der Waals surface area contributed by atoms with Crippen molar-refractivity contribution < 1.29 is 14.7 Å². The standard InChI is InChI=1S/C19H31N3O3/c1-4-14(5-2)22-13(3)12-17(21-22)18(23)20-16-11-9-7-6-8-10-15(16)19(24)25/h12,14-16H,4-11H2,1-3H3,(H,20,23)(H,24,25). The minimum atomic E-state index is -0.814. The minimum Gasteiger partial charge on any atom is -0.481 e. The molecule has 1 aliphatic carbocycles. The van der Waals surface area contributed by atoms with Crippen LogP contribution in [0.25, 0.3) is 0 Å². The van der Waals surface area contributed by atoms with E-state index >= 15 is 0 Å². The van der Waals surface area contributed by atoms with Gasteiger partial charge >= 0.3 is 5.97 Å². The van der Waals surface area contributed by atoms with E-state index in [1.165, 1.54) is 0 Å². The molecular weight excluding hydrogens is 318 g/mol. The highest BCUT2D eigenvalue weighted by molar-refractivity contribution is 5.93. The SMILES string of the molecule is CCC(CC)n1nc(C(=O)NC2CCCCCCC2C(=O)O)cc1C. The van der Waals surface area contributed by atoms with Crippen LogP contribution in [-0.2, 0) is 4.79 Å². The minimum absolute atomic E-state index is 0.260. The van der Waals surface area contributed by atoms with Crippen LogP contribution in [0.2, 0.25) is 0 Å². The molecule has 1 aromatic heterocycles. The lowest BCUT2D eigenvalue weighted by Crippen LogP contribution is -2.44. The van der Waals surface area contributed by atoms with Gasteiger partial charge in [0, 0.05) is 11.7 Å². The zero-order chi connectivity index (χ0) is 18.4. The lowest BCUT2D eigenvalue weighted by molar-refractivity contribution is -0.143. The predicted octanol–water partition coefficient (Wildman–Crippen LogP) is 3.71. The zero-order valence-electron chi connectivity index (χ0n) is 15.6. The molecule has 0 aliphatic heterocycles. The summed E-state index contributed by atoms with van der Waals surface area (Å²) in [4.78, 5) is 24.3. The van der Waals surface area contributed by atoms with Crippen molar-refractivity contribution in [3.63, 3.8) is 0 Å². The first-order valence-corrected chi connectivity index (χ1v) is 9.57. The van der Waals surface area contributed by atoms with Gasteiger partial charge in [-0.15, -0.1) is 0 Å². The van der Waals surface area contributed by atoms with E-state index in [2.05, 4.69) is 24.3 Å². The van der Waals surface area contributed by atoms with E-state index in [0.717, 1.165) is 50.6 Å². The van der Waals surface area contributed by atoms with Crippen LogP contribution < -0.4 is 5.32 Å². The van der Waals surface area contributed by atoms with Gasteiger partial charge in [0.1, 0.15) is 5.69 Å². The van der Waals surface area contributed by atoms with Crippen molar-refractivity contribution >= 4 is 11.9 Å². The molecule has 6 heteroatoms. The van der Waals surface area contributed by atoms with Crippen molar-refractivity contribution in [2.75, 3.05) is 0 Å². The highest BCUT2D eigenvalue weighted by Crippen LogP contribution is 2.24. The van der Waals surface area contributed by atoms with Crippen LogP contribution in [-0.4, -0.2) is 32.8 Å². The van der Waals surface area contributed by atoms with Crippen LogP contribution in [0.4, 0.5) is 0 Å². The number of carbonyl (C=O) groups is 2. The number of hydrogen-bond acceptors (Lipinski definition) is 3. The summed E-state index contributed by atoms with van der Waals surface area (Å²) in [6.45, 7) is 6.18. The number of carbonyl (C=O) groups excluding carboxylic acids is 1. The molecule has 1 fully saturated rings. The van der Waals surface area contributed by atoms with Crippen molar-refractivity contribution in [3.05, 3.63) is 17.5 Å². The fourth-order valence-corrected chi connectivity index (χ4v) is 3.80. The van der Waals surface area contributed by atoms with Gasteiger partial charge < -0.3 is 10.4 Å². The molecule has 1 saturated carbocycles. The third-order valence-corrected chi connectivity index (χ3v) is 5.34. The summed E-state index contributed by atoms with van der Waals surface area (Å²) in [6.07, 6.45) is 7.30. The number of carboxylic acid groups (broad SMARTS) is 1. The topological polar surface area (TPSA) is 84.2 Å². The Balaban J connectivity index is 2.13. The van der Waals surface area contributed by atoms with Gasteiger partial charge in [-0.1, -0.05) is 39.5 Å². The maximum atomic E-state index is 12.7. The van der Waals surface area contributed by atoms with Crippen LogP contribution in [0.5, 0.6) is 0 Å². The average Bonchev–Trinajstić information content (AvgIpc) is 2.93. The molecule has 0 spiro atoms. The summed E-state index contributed by atoms with van der Waals surface area (Å²) in [7, 11) is 0. The normalized spacial score (nSPS) is 21.6. The van der Waals surface area contributed by atoms with Crippen molar-refractivity contribution in [1.82, 2.24) is 15.1 Å². The molecule has 0 aromatic carbocycles. The lowest BCUT2D eigenvalue weighted by atomic mass is 9.86. The number of nitrogens with one attached hydrogen (secondary N) is 1. The van der Waals surface area contributed by atoms with Crippen LogP contribution in [0.15, 0.2) is 6.07 Å². The number of hydrogen-bond donors (Lipinski definition) is 2. The molecule has 1 heterocycles. The van der Waals surface area contributed by atoms with Crippen molar-refractivity contribution in [3.8, 4) is 0 Å². The lowest BCUT2D eigenvalue weighted by Gasteiger charge is -2.27. The van der Waals surface area contributed by atoms with E-state index in [0.29, 0.717) is 12.1 Å². The van der Waals surface area contributed by atoms with Gasteiger partial charge in [0.05, 0.1) is 12.0 Å². The van der Waals surface area contributed by atoms with Crippen LogP contribution in [0, 0.1) is 12.8 Å². The molecular formula is C19H31N3O3. The van der Waals surface area contributed by atoms with E-state index in [4.69, 9.17) is 0 Å². The third-order valence-electron chi connectivity index (χ3n) is 5.34. The number of rotatable bonds is 6. The van der Waals surface area contributed by atoms with Crippen LogP contribution in [0.1, 0.15) is 87.4 Å². The highest BCUT2D eigenvalue weighted by Gasteiger charge is 2.30. The number of aromatic nitrogens is 2. The highest BCUT2D eigenvalue weighted by atomic mass is 16.4. The molecule has 2 rings (SSSR count). The summed E-state index contributed by atoms with van der Waals surface area (Å²) in [5, 5.41) is 17.0. The molecule has 140 valence electrons. The Morgan fingerprint density at radius 3 is 2.48 bits per heavy atom. The molecule has 0 radical (unpaired) electrons. The van der Waals surface area contributed by atoms with Gasteiger partial charge in [0.2, 0.25) is 0 Å². The Kier molecular flexibility index (Phi) is 7.02. The van der Waals surface area contributed by atoms with E-state index < -0.39 is 11.9 Å². The van der Waals surface area contributed by atoms with Gasteiger partial charge in [-0.2, -0.15) is 5.10 Å². The Morgan fingerprint density at radius 2 is 1.88 bits per heavy atom. The Morgan fingerprint density at radius 1 is 1.24 bits per heavy atom. The fourth-order valence-electron chi connectivity index (χ4n) is 3.80. The van der Waals surface area contributed by atoms with Gasteiger partial charge in [0.15, 0.2) is 0 Å². The smallest absolute Gasteiger partial charge is 0.308 e. The van der Waals surface area contributed by atoms with Crippen molar-refractivity contribution in [2.45, 2.75) is 84.2 Å². The molecule has 1 amide bonds. The second-order valence-corrected chi connectivity index (χ2v) is 7.10.